The molecule has 4 heteroatoms. The van der Waals surface area contributed by atoms with Crippen LogP contribution in [0.1, 0.15) is 37.7 Å². The molecule has 1 aromatic carbocycles. The van der Waals surface area contributed by atoms with E-state index in [1.165, 1.54) is 19.3 Å². The quantitative estimate of drug-likeness (QED) is 0.922. The lowest BCUT2D eigenvalue weighted by Gasteiger charge is -2.21. The molecule has 1 N–H and O–H groups in total. The van der Waals surface area contributed by atoms with Crippen molar-refractivity contribution in [3.8, 4) is 11.5 Å². The highest BCUT2D eigenvalue weighted by atomic mass is 16.6. The van der Waals surface area contributed by atoms with Gasteiger partial charge >= 0.3 is 0 Å². The molecule has 0 saturated heterocycles. The van der Waals surface area contributed by atoms with Gasteiger partial charge in [0, 0.05) is 12.5 Å². The average Bonchev–Trinajstić information content (AvgIpc) is 2.53. The van der Waals surface area contributed by atoms with Gasteiger partial charge in [-0.3, -0.25) is 4.79 Å². The molecule has 1 heterocycles. The molecule has 1 saturated carbocycles. The lowest BCUT2D eigenvalue weighted by molar-refractivity contribution is -0.126. The first-order chi connectivity index (χ1) is 9.83. The van der Waals surface area contributed by atoms with Crippen molar-refractivity contribution in [1.29, 1.82) is 0 Å². The van der Waals surface area contributed by atoms with Crippen LogP contribution in [0.3, 0.4) is 0 Å². The molecule has 0 spiro atoms. The second-order valence-electron chi connectivity index (χ2n) is 5.53. The Balaban J connectivity index is 1.56. The van der Waals surface area contributed by atoms with Crippen molar-refractivity contribution in [1.82, 2.24) is 5.32 Å². The van der Waals surface area contributed by atoms with Crippen LogP contribution in [0.25, 0.3) is 0 Å². The van der Waals surface area contributed by atoms with Gasteiger partial charge in [-0.1, -0.05) is 25.3 Å². The summed E-state index contributed by atoms with van der Waals surface area (Å²) in [7, 11) is 0. The highest BCUT2D eigenvalue weighted by molar-refractivity contribution is 5.78. The third-order valence-corrected chi connectivity index (χ3v) is 4.05. The Morgan fingerprint density at radius 3 is 2.65 bits per heavy atom. The smallest absolute Gasteiger partial charge is 0.223 e. The van der Waals surface area contributed by atoms with Gasteiger partial charge in [-0.05, 0) is 30.5 Å². The molecule has 108 valence electrons. The molecular formula is C16H21NO3. The monoisotopic (exact) mass is 275 g/mol. The molecule has 2 aliphatic rings. The molecule has 1 aliphatic carbocycles. The summed E-state index contributed by atoms with van der Waals surface area (Å²) in [6.45, 7) is 1.75. The van der Waals surface area contributed by atoms with Gasteiger partial charge in [0.15, 0.2) is 11.5 Å². The van der Waals surface area contributed by atoms with Crippen LogP contribution >= 0.6 is 0 Å². The normalized spacial score (nSPS) is 18.6. The predicted octanol–water partition coefficient (Wildman–Crippen LogP) is 2.65. The summed E-state index contributed by atoms with van der Waals surface area (Å²) in [5.41, 5.74) is 1.05. The zero-order valence-corrected chi connectivity index (χ0v) is 11.7. The Morgan fingerprint density at radius 2 is 1.85 bits per heavy atom. The number of carbonyl (C=O) groups is 1. The average molecular weight is 275 g/mol. The maximum absolute atomic E-state index is 12.1. The molecule has 1 amide bonds. The van der Waals surface area contributed by atoms with Gasteiger partial charge in [0.05, 0.1) is 0 Å². The molecule has 0 aromatic heterocycles. The van der Waals surface area contributed by atoms with Crippen LogP contribution in [0.2, 0.25) is 0 Å². The van der Waals surface area contributed by atoms with Gasteiger partial charge in [-0.2, -0.15) is 0 Å². The first-order valence-electron chi connectivity index (χ1n) is 7.49. The van der Waals surface area contributed by atoms with Crippen LogP contribution < -0.4 is 14.8 Å². The molecule has 0 radical (unpaired) electrons. The Labute approximate surface area is 119 Å². The van der Waals surface area contributed by atoms with E-state index in [2.05, 4.69) is 5.32 Å². The predicted molar refractivity (Wildman–Crippen MR) is 75.9 cm³/mol. The fraction of sp³-hybridized carbons (Fsp3) is 0.562. The van der Waals surface area contributed by atoms with Gasteiger partial charge in [0.2, 0.25) is 5.91 Å². The molecule has 3 rings (SSSR count). The van der Waals surface area contributed by atoms with E-state index in [0.717, 1.165) is 29.9 Å². The first kappa shape index (κ1) is 13.3. The van der Waals surface area contributed by atoms with E-state index in [1.807, 2.05) is 18.2 Å². The van der Waals surface area contributed by atoms with Crippen LogP contribution in [0.4, 0.5) is 0 Å². The number of hydrogen-bond acceptors (Lipinski definition) is 3. The third-order valence-electron chi connectivity index (χ3n) is 4.05. The van der Waals surface area contributed by atoms with Crippen LogP contribution in [0, 0.1) is 5.92 Å². The molecule has 20 heavy (non-hydrogen) atoms. The first-order valence-corrected chi connectivity index (χ1v) is 7.49. The van der Waals surface area contributed by atoms with Gasteiger partial charge in [0.1, 0.15) is 13.2 Å². The van der Waals surface area contributed by atoms with Gasteiger partial charge in [-0.15, -0.1) is 0 Å². The molecule has 1 aromatic rings. The minimum absolute atomic E-state index is 0.194. The summed E-state index contributed by atoms with van der Waals surface area (Å²) in [6.07, 6.45) is 5.70. The number of benzene rings is 1. The van der Waals surface area contributed by atoms with Gasteiger partial charge in [-0.25, -0.2) is 0 Å². The van der Waals surface area contributed by atoms with Crippen molar-refractivity contribution < 1.29 is 14.3 Å². The number of ether oxygens (including phenoxy) is 2. The van der Waals surface area contributed by atoms with E-state index >= 15 is 0 Å². The minimum Gasteiger partial charge on any atom is -0.486 e. The van der Waals surface area contributed by atoms with Crippen LogP contribution in [0.15, 0.2) is 18.2 Å². The Bertz CT molecular complexity index is 481. The van der Waals surface area contributed by atoms with E-state index in [0.29, 0.717) is 19.8 Å². The minimum atomic E-state index is 0.194. The van der Waals surface area contributed by atoms with Crippen LogP contribution in [-0.2, 0) is 11.3 Å². The number of nitrogens with one attached hydrogen (secondary N) is 1. The molecule has 0 bridgehead atoms. The summed E-state index contributed by atoms with van der Waals surface area (Å²) >= 11 is 0. The lowest BCUT2D eigenvalue weighted by atomic mass is 9.88. The van der Waals surface area contributed by atoms with Crippen LogP contribution in [0.5, 0.6) is 11.5 Å². The Hall–Kier alpha value is -1.71. The van der Waals surface area contributed by atoms with Crippen LogP contribution in [-0.4, -0.2) is 19.1 Å². The van der Waals surface area contributed by atoms with Crippen molar-refractivity contribution in [2.45, 2.75) is 38.6 Å². The third kappa shape index (κ3) is 3.06. The van der Waals surface area contributed by atoms with E-state index in [9.17, 15) is 4.79 Å². The summed E-state index contributed by atoms with van der Waals surface area (Å²) in [6, 6.07) is 5.85. The van der Waals surface area contributed by atoms with Crippen molar-refractivity contribution in [2.24, 2.45) is 5.92 Å². The number of hydrogen-bond donors (Lipinski definition) is 1. The van der Waals surface area contributed by atoms with Crippen molar-refractivity contribution in [3.05, 3.63) is 23.8 Å². The summed E-state index contributed by atoms with van der Waals surface area (Å²) in [5, 5.41) is 3.04. The van der Waals surface area contributed by atoms with E-state index < -0.39 is 0 Å². The number of amides is 1. The van der Waals surface area contributed by atoms with E-state index in [-0.39, 0.29) is 11.8 Å². The Morgan fingerprint density at radius 1 is 1.10 bits per heavy atom. The lowest BCUT2D eigenvalue weighted by Crippen LogP contribution is -2.31. The highest BCUT2D eigenvalue weighted by Gasteiger charge is 2.20. The topological polar surface area (TPSA) is 47.6 Å². The van der Waals surface area contributed by atoms with E-state index in [1.54, 1.807) is 0 Å². The van der Waals surface area contributed by atoms with Gasteiger partial charge < -0.3 is 14.8 Å². The summed E-state index contributed by atoms with van der Waals surface area (Å²) in [4.78, 5) is 12.1. The molecule has 1 aliphatic heterocycles. The maximum atomic E-state index is 12.1. The summed E-state index contributed by atoms with van der Waals surface area (Å²) in [5.74, 6) is 1.97. The van der Waals surface area contributed by atoms with Gasteiger partial charge in [0.25, 0.3) is 0 Å². The largest absolute Gasteiger partial charge is 0.486 e. The van der Waals surface area contributed by atoms with Crippen molar-refractivity contribution >= 4 is 5.91 Å². The number of carbonyl (C=O) groups excluding carboxylic acids is 1. The molecule has 0 atom stereocenters. The molecular weight excluding hydrogens is 254 g/mol. The standard InChI is InChI=1S/C16H21NO3/c18-16(13-4-2-1-3-5-13)17-11-12-6-7-14-15(10-12)20-9-8-19-14/h6-7,10,13H,1-5,8-9,11H2,(H,17,18). The fourth-order valence-electron chi connectivity index (χ4n) is 2.90. The zero-order valence-electron chi connectivity index (χ0n) is 11.7. The number of fused-ring (bicyclic) bond motifs is 1. The van der Waals surface area contributed by atoms with Crippen molar-refractivity contribution in [3.63, 3.8) is 0 Å². The highest BCUT2D eigenvalue weighted by Crippen LogP contribution is 2.30. The second kappa shape index (κ2) is 6.16. The second-order valence-corrected chi connectivity index (χ2v) is 5.53. The zero-order chi connectivity index (χ0) is 13.8. The molecule has 4 nitrogen and oxygen atoms in total. The fourth-order valence-corrected chi connectivity index (χ4v) is 2.90. The SMILES string of the molecule is O=C(NCc1ccc2c(c1)OCCO2)C1CCCCC1. The maximum Gasteiger partial charge on any atom is 0.223 e. The van der Waals surface area contributed by atoms with Crippen molar-refractivity contribution in [2.75, 3.05) is 13.2 Å². The molecule has 1 fully saturated rings. The van der Waals surface area contributed by atoms with E-state index in [4.69, 9.17) is 9.47 Å². The Kier molecular flexibility index (Phi) is 4.09. The molecule has 0 unspecified atom stereocenters. The number of rotatable bonds is 3. The summed E-state index contributed by atoms with van der Waals surface area (Å²) < 4.78 is 11.0.